The number of hydrogen-bond acceptors (Lipinski definition) is 2. The van der Waals surface area contributed by atoms with Crippen molar-refractivity contribution in [1.29, 1.82) is 5.41 Å². The first-order valence-electron chi connectivity index (χ1n) is 7.34. The van der Waals surface area contributed by atoms with Gasteiger partial charge in [-0.1, -0.05) is 37.6 Å². The van der Waals surface area contributed by atoms with Crippen LogP contribution in [-0.4, -0.2) is 23.8 Å². The summed E-state index contributed by atoms with van der Waals surface area (Å²) in [7, 11) is 0. The van der Waals surface area contributed by atoms with Crippen molar-refractivity contribution >= 4 is 5.84 Å². The number of benzene rings is 1. The molecule has 19 heavy (non-hydrogen) atoms. The molecule has 0 bridgehead atoms. The molecular weight excluding hydrogens is 234 g/mol. The fraction of sp³-hybridized carbons (Fsp3) is 0.562. The Kier molecular flexibility index (Phi) is 4.97. The van der Waals surface area contributed by atoms with Crippen LogP contribution in [0.15, 0.2) is 24.3 Å². The zero-order valence-electron chi connectivity index (χ0n) is 11.9. The molecule has 0 radical (unpaired) electrons. The molecule has 1 atom stereocenters. The average Bonchev–Trinajstić information content (AvgIpc) is 2.64. The van der Waals surface area contributed by atoms with Gasteiger partial charge in [-0.05, 0) is 43.8 Å². The number of nitrogens with zero attached hydrogens (tertiary/aromatic N) is 1. The predicted octanol–water partition coefficient (Wildman–Crippen LogP) is 2.98. The standard InChI is InChI=1S/C16H25N3/c1-2-13-4-3-10-19(11-9-13)12-14-5-7-15(8-6-14)16(17)18/h5-8,13H,2-4,9-12H2,1H3,(H3,17,18). The van der Waals surface area contributed by atoms with E-state index in [0.29, 0.717) is 0 Å². The van der Waals surface area contributed by atoms with Crippen LogP contribution in [0.25, 0.3) is 0 Å². The first kappa shape index (κ1) is 14.1. The topological polar surface area (TPSA) is 53.1 Å². The highest BCUT2D eigenvalue weighted by atomic mass is 15.1. The number of hydrogen-bond donors (Lipinski definition) is 2. The number of amidine groups is 1. The molecule has 1 heterocycles. The number of nitrogens with two attached hydrogens (primary N) is 1. The van der Waals surface area contributed by atoms with Gasteiger partial charge >= 0.3 is 0 Å². The molecule has 1 saturated heterocycles. The number of nitrogens with one attached hydrogen (secondary N) is 1. The average molecular weight is 259 g/mol. The molecule has 3 heteroatoms. The van der Waals surface area contributed by atoms with Crippen LogP contribution >= 0.6 is 0 Å². The highest BCUT2D eigenvalue weighted by Gasteiger charge is 2.15. The lowest BCUT2D eigenvalue weighted by Crippen LogP contribution is -2.24. The largest absolute Gasteiger partial charge is 0.384 e. The molecule has 1 aliphatic heterocycles. The summed E-state index contributed by atoms with van der Waals surface area (Å²) >= 11 is 0. The fourth-order valence-electron chi connectivity index (χ4n) is 2.84. The highest BCUT2D eigenvalue weighted by Crippen LogP contribution is 2.21. The minimum absolute atomic E-state index is 0.145. The molecule has 1 unspecified atom stereocenters. The molecule has 0 aliphatic carbocycles. The third-order valence-electron chi connectivity index (χ3n) is 4.19. The van der Waals surface area contributed by atoms with Gasteiger partial charge in [0, 0.05) is 12.1 Å². The first-order chi connectivity index (χ1) is 9.19. The van der Waals surface area contributed by atoms with Gasteiger partial charge in [-0.2, -0.15) is 0 Å². The van der Waals surface area contributed by atoms with Gasteiger partial charge < -0.3 is 5.73 Å². The molecule has 1 aromatic rings. The summed E-state index contributed by atoms with van der Waals surface area (Å²) in [6, 6.07) is 8.09. The normalized spacial score (nSPS) is 21.0. The van der Waals surface area contributed by atoms with E-state index in [1.807, 2.05) is 12.1 Å². The van der Waals surface area contributed by atoms with Crippen LogP contribution in [0.5, 0.6) is 0 Å². The molecule has 2 rings (SSSR count). The van der Waals surface area contributed by atoms with Crippen molar-refractivity contribution in [2.24, 2.45) is 11.7 Å². The number of likely N-dealkylation sites (tertiary alicyclic amines) is 1. The van der Waals surface area contributed by atoms with Crippen LogP contribution in [0.2, 0.25) is 0 Å². The second-order valence-electron chi connectivity index (χ2n) is 5.59. The Bertz CT molecular complexity index is 411. The van der Waals surface area contributed by atoms with Crippen LogP contribution in [-0.2, 0) is 6.54 Å². The maximum absolute atomic E-state index is 7.40. The van der Waals surface area contributed by atoms with E-state index in [1.165, 1.54) is 44.3 Å². The van der Waals surface area contributed by atoms with E-state index in [1.54, 1.807) is 0 Å². The zero-order valence-corrected chi connectivity index (χ0v) is 11.9. The molecule has 3 N–H and O–H groups in total. The fourth-order valence-corrected chi connectivity index (χ4v) is 2.84. The second kappa shape index (κ2) is 6.71. The molecule has 1 aromatic carbocycles. The molecule has 1 aliphatic rings. The van der Waals surface area contributed by atoms with Crippen molar-refractivity contribution in [3.63, 3.8) is 0 Å². The Balaban J connectivity index is 1.91. The van der Waals surface area contributed by atoms with Crippen LogP contribution in [0.4, 0.5) is 0 Å². The Labute approximate surface area is 116 Å². The molecule has 0 spiro atoms. The van der Waals surface area contributed by atoms with Gasteiger partial charge in [-0.25, -0.2) is 0 Å². The van der Waals surface area contributed by atoms with Gasteiger partial charge in [0.15, 0.2) is 0 Å². The quantitative estimate of drug-likeness (QED) is 0.645. The highest BCUT2D eigenvalue weighted by molar-refractivity contribution is 5.94. The molecule has 0 amide bonds. The lowest BCUT2D eigenvalue weighted by Gasteiger charge is -2.20. The van der Waals surface area contributed by atoms with Gasteiger partial charge in [-0.15, -0.1) is 0 Å². The van der Waals surface area contributed by atoms with Crippen LogP contribution < -0.4 is 5.73 Å². The summed E-state index contributed by atoms with van der Waals surface area (Å²) in [6.45, 7) is 5.76. The SMILES string of the molecule is CCC1CCCN(Cc2ccc(C(=N)N)cc2)CC1. The van der Waals surface area contributed by atoms with Gasteiger partial charge in [-0.3, -0.25) is 10.3 Å². The Morgan fingerprint density at radius 2 is 2.00 bits per heavy atom. The minimum Gasteiger partial charge on any atom is -0.384 e. The van der Waals surface area contributed by atoms with Crippen molar-refractivity contribution in [2.75, 3.05) is 13.1 Å². The first-order valence-corrected chi connectivity index (χ1v) is 7.34. The summed E-state index contributed by atoms with van der Waals surface area (Å²) in [5.41, 5.74) is 7.60. The third kappa shape index (κ3) is 4.06. The molecule has 104 valence electrons. The lowest BCUT2D eigenvalue weighted by atomic mass is 9.98. The van der Waals surface area contributed by atoms with Crippen LogP contribution in [0.3, 0.4) is 0 Å². The molecule has 0 aromatic heterocycles. The summed E-state index contributed by atoms with van der Waals surface area (Å²) in [6.07, 6.45) is 5.36. The number of nitrogen functional groups attached to an aromatic ring is 1. The summed E-state index contributed by atoms with van der Waals surface area (Å²) in [5, 5.41) is 7.40. The summed E-state index contributed by atoms with van der Waals surface area (Å²) in [4.78, 5) is 2.55. The zero-order chi connectivity index (χ0) is 13.7. The summed E-state index contributed by atoms with van der Waals surface area (Å²) < 4.78 is 0. The molecular formula is C16H25N3. The lowest BCUT2D eigenvalue weighted by molar-refractivity contribution is 0.272. The minimum atomic E-state index is 0.145. The van der Waals surface area contributed by atoms with Crippen LogP contribution in [0.1, 0.15) is 43.7 Å². The maximum Gasteiger partial charge on any atom is 0.122 e. The maximum atomic E-state index is 7.40. The second-order valence-corrected chi connectivity index (χ2v) is 5.59. The van der Waals surface area contributed by atoms with E-state index >= 15 is 0 Å². The Morgan fingerprint density at radius 3 is 2.63 bits per heavy atom. The molecule has 1 fully saturated rings. The van der Waals surface area contributed by atoms with Crippen molar-refractivity contribution in [1.82, 2.24) is 4.90 Å². The Morgan fingerprint density at radius 1 is 1.26 bits per heavy atom. The smallest absolute Gasteiger partial charge is 0.122 e. The van der Waals surface area contributed by atoms with E-state index in [4.69, 9.17) is 11.1 Å². The van der Waals surface area contributed by atoms with Gasteiger partial charge in [0.1, 0.15) is 5.84 Å². The van der Waals surface area contributed by atoms with Gasteiger partial charge in [0.05, 0.1) is 0 Å². The van der Waals surface area contributed by atoms with E-state index < -0.39 is 0 Å². The van der Waals surface area contributed by atoms with Gasteiger partial charge in [0.2, 0.25) is 0 Å². The number of rotatable bonds is 4. The predicted molar refractivity (Wildman–Crippen MR) is 80.4 cm³/mol. The van der Waals surface area contributed by atoms with Crippen molar-refractivity contribution in [2.45, 2.75) is 39.2 Å². The molecule has 3 nitrogen and oxygen atoms in total. The van der Waals surface area contributed by atoms with Crippen molar-refractivity contribution in [3.05, 3.63) is 35.4 Å². The van der Waals surface area contributed by atoms with E-state index in [2.05, 4.69) is 24.0 Å². The van der Waals surface area contributed by atoms with Crippen molar-refractivity contribution < 1.29 is 0 Å². The van der Waals surface area contributed by atoms with E-state index in [-0.39, 0.29) is 5.84 Å². The van der Waals surface area contributed by atoms with E-state index in [9.17, 15) is 0 Å². The van der Waals surface area contributed by atoms with Crippen molar-refractivity contribution in [3.8, 4) is 0 Å². The third-order valence-corrected chi connectivity index (χ3v) is 4.19. The molecule has 0 saturated carbocycles. The summed E-state index contributed by atoms with van der Waals surface area (Å²) in [5.74, 6) is 1.07. The van der Waals surface area contributed by atoms with E-state index in [0.717, 1.165) is 18.0 Å². The van der Waals surface area contributed by atoms with Gasteiger partial charge in [0.25, 0.3) is 0 Å². The Hall–Kier alpha value is -1.35. The monoisotopic (exact) mass is 259 g/mol. The van der Waals surface area contributed by atoms with Crippen LogP contribution in [0, 0.1) is 11.3 Å².